The highest BCUT2D eigenvalue weighted by molar-refractivity contribution is 5.74. The van der Waals surface area contributed by atoms with Gasteiger partial charge in [0.05, 0.1) is 6.10 Å². The molecule has 0 bridgehead atoms. The van der Waals surface area contributed by atoms with Crippen LogP contribution in [0.1, 0.15) is 32.3 Å². The van der Waals surface area contributed by atoms with E-state index in [1.165, 1.54) is 11.3 Å². The van der Waals surface area contributed by atoms with E-state index in [1.54, 1.807) is 0 Å². The zero-order valence-electron chi connectivity index (χ0n) is 15.2. The Balaban J connectivity index is 1.75. The Bertz CT molecular complexity index is 525. The van der Waals surface area contributed by atoms with Crippen molar-refractivity contribution in [3.8, 4) is 0 Å². The van der Waals surface area contributed by atoms with Crippen LogP contribution in [0.3, 0.4) is 0 Å². The molecule has 0 aromatic heterocycles. The number of anilines is 1. The molecule has 1 aromatic rings. The van der Waals surface area contributed by atoms with Crippen LogP contribution in [0.4, 0.5) is 10.5 Å². The topological polar surface area (TPSA) is 55.8 Å². The molecule has 2 amide bonds. The number of rotatable bonds is 6. The predicted octanol–water partition coefficient (Wildman–Crippen LogP) is 2.62. The molecule has 1 heterocycles. The Hall–Kier alpha value is -1.75. The number of nitrogens with one attached hydrogen (secondary N) is 1. The standard InChI is InChI=1S/C19H31N3O2/c1-4-21(18-7-5-6-15(2)14-18)13-10-20-19(24)22-11-8-17(9-12-22)16(3)23/h5-7,14,16-17,23H,4,8-13H2,1-3H3,(H,20,24). The first kappa shape index (κ1) is 18.6. The summed E-state index contributed by atoms with van der Waals surface area (Å²) in [5.41, 5.74) is 2.44. The number of urea groups is 1. The van der Waals surface area contributed by atoms with Crippen molar-refractivity contribution in [3.05, 3.63) is 29.8 Å². The summed E-state index contributed by atoms with van der Waals surface area (Å²) in [6, 6.07) is 8.46. The maximum atomic E-state index is 12.3. The summed E-state index contributed by atoms with van der Waals surface area (Å²) in [5, 5.41) is 12.7. The zero-order chi connectivity index (χ0) is 17.5. The van der Waals surface area contributed by atoms with Crippen molar-refractivity contribution in [1.29, 1.82) is 0 Å². The van der Waals surface area contributed by atoms with Gasteiger partial charge in [-0.3, -0.25) is 0 Å². The number of likely N-dealkylation sites (tertiary alicyclic amines) is 1. The molecule has 1 fully saturated rings. The summed E-state index contributed by atoms with van der Waals surface area (Å²) in [6.45, 7) is 9.88. The normalized spacial score (nSPS) is 16.8. The molecule has 1 aromatic carbocycles. The number of nitrogens with zero attached hydrogens (tertiary/aromatic N) is 2. The fraction of sp³-hybridized carbons (Fsp3) is 0.632. The number of piperidine rings is 1. The lowest BCUT2D eigenvalue weighted by Crippen LogP contribution is -2.47. The van der Waals surface area contributed by atoms with Gasteiger partial charge >= 0.3 is 6.03 Å². The van der Waals surface area contributed by atoms with Gasteiger partial charge in [0.2, 0.25) is 0 Å². The molecule has 5 heteroatoms. The smallest absolute Gasteiger partial charge is 0.317 e. The van der Waals surface area contributed by atoms with Crippen molar-refractivity contribution in [2.24, 2.45) is 5.92 Å². The van der Waals surface area contributed by atoms with Crippen LogP contribution in [0, 0.1) is 12.8 Å². The fourth-order valence-electron chi connectivity index (χ4n) is 3.29. The molecular weight excluding hydrogens is 302 g/mol. The summed E-state index contributed by atoms with van der Waals surface area (Å²) < 4.78 is 0. The minimum absolute atomic E-state index is 0.0133. The van der Waals surface area contributed by atoms with Gasteiger partial charge in [0.25, 0.3) is 0 Å². The molecule has 2 N–H and O–H groups in total. The van der Waals surface area contributed by atoms with E-state index in [4.69, 9.17) is 0 Å². The Morgan fingerprint density at radius 2 is 2.12 bits per heavy atom. The quantitative estimate of drug-likeness (QED) is 0.841. The van der Waals surface area contributed by atoms with Gasteiger partial charge in [0.1, 0.15) is 0 Å². The zero-order valence-corrected chi connectivity index (χ0v) is 15.2. The average Bonchev–Trinajstić information content (AvgIpc) is 2.58. The first-order valence-electron chi connectivity index (χ1n) is 9.03. The van der Waals surface area contributed by atoms with Gasteiger partial charge in [-0.2, -0.15) is 0 Å². The summed E-state index contributed by atoms with van der Waals surface area (Å²) in [5.74, 6) is 0.325. The lowest BCUT2D eigenvalue weighted by atomic mass is 9.92. The minimum atomic E-state index is -0.275. The van der Waals surface area contributed by atoms with E-state index in [-0.39, 0.29) is 12.1 Å². The highest BCUT2D eigenvalue weighted by Crippen LogP contribution is 2.20. The SMILES string of the molecule is CCN(CCNC(=O)N1CCC(C(C)O)CC1)c1cccc(C)c1. The monoisotopic (exact) mass is 333 g/mol. The lowest BCUT2D eigenvalue weighted by Gasteiger charge is -2.33. The van der Waals surface area contributed by atoms with Gasteiger partial charge < -0.3 is 20.2 Å². The predicted molar refractivity (Wildman–Crippen MR) is 98.4 cm³/mol. The number of carbonyl (C=O) groups is 1. The largest absolute Gasteiger partial charge is 0.393 e. The van der Waals surface area contributed by atoms with Gasteiger partial charge in [0, 0.05) is 38.4 Å². The molecule has 1 atom stereocenters. The van der Waals surface area contributed by atoms with E-state index >= 15 is 0 Å². The third kappa shape index (κ3) is 5.13. The summed E-state index contributed by atoms with van der Waals surface area (Å²) in [6.07, 6.45) is 1.49. The van der Waals surface area contributed by atoms with E-state index in [2.05, 4.69) is 48.3 Å². The van der Waals surface area contributed by atoms with Crippen LogP contribution in [0.15, 0.2) is 24.3 Å². The van der Waals surface area contributed by atoms with Crippen LogP contribution in [0.2, 0.25) is 0 Å². The Morgan fingerprint density at radius 3 is 2.71 bits per heavy atom. The highest BCUT2D eigenvalue weighted by atomic mass is 16.3. The number of aliphatic hydroxyl groups is 1. The van der Waals surface area contributed by atoms with Crippen LogP contribution in [-0.2, 0) is 0 Å². The van der Waals surface area contributed by atoms with Crippen molar-refractivity contribution in [1.82, 2.24) is 10.2 Å². The molecule has 24 heavy (non-hydrogen) atoms. The Kier molecular flexibility index (Phi) is 6.91. The number of carbonyl (C=O) groups excluding carboxylic acids is 1. The van der Waals surface area contributed by atoms with Crippen LogP contribution in [0.5, 0.6) is 0 Å². The molecule has 0 saturated carbocycles. The molecule has 134 valence electrons. The molecule has 2 rings (SSSR count). The van der Waals surface area contributed by atoms with Crippen molar-refractivity contribution >= 4 is 11.7 Å². The van der Waals surface area contributed by atoms with E-state index in [0.29, 0.717) is 12.5 Å². The maximum Gasteiger partial charge on any atom is 0.317 e. The van der Waals surface area contributed by atoms with E-state index in [0.717, 1.165) is 39.0 Å². The minimum Gasteiger partial charge on any atom is -0.393 e. The third-order valence-electron chi connectivity index (χ3n) is 4.92. The van der Waals surface area contributed by atoms with Gasteiger partial charge in [-0.1, -0.05) is 12.1 Å². The maximum absolute atomic E-state index is 12.3. The van der Waals surface area contributed by atoms with Crippen molar-refractivity contribution in [3.63, 3.8) is 0 Å². The number of hydrogen-bond acceptors (Lipinski definition) is 3. The first-order chi connectivity index (χ1) is 11.5. The summed E-state index contributed by atoms with van der Waals surface area (Å²) in [7, 11) is 0. The van der Waals surface area contributed by atoms with E-state index in [1.807, 2.05) is 11.8 Å². The lowest BCUT2D eigenvalue weighted by molar-refractivity contribution is 0.0799. The van der Waals surface area contributed by atoms with Gasteiger partial charge in [-0.25, -0.2) is 4.79 Å². The second-order valence-corrected chi connectivity index (χ2v) is 6.72. The van der Waals surface area contributed by atoms with Crippen LogP contribution >= 0.6 is 0 Å². The summed E-state index contributed by atoms with van der Waals surface area (Å²) in [4.78, 5) is 16.4. The summed E-state index contributed by atoms with van der Waals surface area (Å²) >= 11 is 0. The number of aryl methyl sites for hydroxylation is 1. The Morgan fingerprint density at radius 1 is 1.42 bits per heavy atom. The first-order valence-corrected chi connectivity index (χ1v) is 9.03. The molecule has 0 radical (unpaired) electrons. The van der Waals surface area contributed by atoms with Crippen LogP contribution in [0.25, 0.3) is 0 Å². The Labute approximate surface area is 145 Å². The van der Waals surface area contributed by atoms with E-state index < -0.39 is 0 Å². The number of aliphatic hydroxyl groups excluding tert-OH is 1. The molecule has 1 saturated heterocycles. The number of benzene rings is 1. The second-order valence-electron chi connectivity index (χ2n) is 6.72. The molecular formula is C19H31N3O2. The highest BCUT2D eigenvalue weighted by Gasteiger charge is 2.25. The molecule has 1 aliphatic heterocycles. The molecule has 1 aliphatic rings. The third-order valence-corrected chi connectivity index (χ3v) is 4.92. The number of likely N-dealkylation sites (N-methyl/N-ethyl adjacent to an activating group) is 1. The van der Waals surface area contributed by atoms with Crippen molar-refractivity contribution < 1.29 is 9.90 Å². The molecule has 5 nitrogen and oxygen atoms in total. The molecule has 0 spiro atoms. The van der Waals surface area contributed by atoms with Gasteiger partial charge in [0.15, 0.2) is 0 Å². The molecule has 0 aliphatic carbocycles. The van der Waals surface area contributed by atoms with Gasteiger partial charge in [-0.05, 0) is 57.2 Å². The van der Waals surface area contributed by atoms with E-state index in [9.17, 15) is 9.90 Å². The van der Waals surface area contributed by atoms with Crippen LogP contribution < -0.4 is 10.2 Å². The second kappa shape index (κ2) is 8.92. The number of hydrogen-bond donors (Lipinski definition) is 2. The van der Waals surface area contributed by atoms with Crippen molar-refractivity contribution in [2.45, 2.75) is 39.7 Å². The van der Waals surface area contributed by atoms with Crippen LogP contribution in [-0.4, -0.2) is 54.9 Å². The fourth-order valence-corrected chi connectivity index (χ4v) is 3.29. The average molecular weight is 333 g/mol. The number of amides is 2. The van der Waals surface area contributed by atoms with Gasteiger partial charge in [-0.15, -0.1) is 0 Å². The van der Waals surface area contributed by atoms with Crippen molar-refractivity contribution in [2.75, 3.05) is 37.6 Å². The molecule has 1 unspecified atom stereocenters.